The van der Waals surface area contributed by atoms with Crippen molar-refractivity contribution in [1.29, 1.82) is 5.26 Å². The molecule has 0 unspecified atom stereocenters. The fraction of sp³-hybridized carbons (Fsp3) is 0.0435. The molecule has 0 bridgehead atoms. The second-order valence-electron chi connectivity index (χ2n) is 6.98. The molecule has 1 amide bonds. The molecular formula is C23H16BrN3O6S. The lowest BCUT2D eigenvalue weighted by atomic mass is 10.1. The fourth-order valence-corrected chi connectivity index (χ4v) is 4.40. The molecule has 0 aliphatic carbocycles. The van der Waals surface area contributed by atoms with Crippen LogP contribution >= 0.6 is 15.9 Å². The lowest BCUT2D eigenvalue weighted by Crippen LogP contribution is -2.13. The number of rotatable bonds is 7. The maximum Gasteiger partial charge on any atom is 0.339 e. The third-order valence-electron chi connectivity index (χ3n) is 4.42. The predicted molar refractivity (Wildman–Crippen MR) is 128 cm³/mol. The minimum atomic E-state index is -4.35. The first kappa shape index (κ1) is 24.6. The monoisotopic (exact) mass is 541 g/mol. The summed E-state index contributed by atoms with van der Waals surface area (Å²) in [7, 11) is -4.35. The van der Waals surface area contributed by atoms with E-state index in [4.69, 9.17) is 4.18 Å². The van der Waals surface area contributed by atoms with Crippen LogP contribution in [0.25, 0.3) is 6.08 Å². The van der Waals surface area contributed by atoms with Crippen LogP contribution in [0.5, 0.6) is 5.75 Å². The molecule has 3 aromatic carbocycles. The number of nitrogens with zero attached hydrogens (tertiary/aromatic N) is 2. The van der Waals surface area contributed by atoms with Gasteiger partial charge in [0.25, 0.3) is 11.6 Å². The van der Waals surface area contributed by atoms with Crippen LogP contribution in [0.15, 0.2) is 81.7 Å². The minimum absolute atomic E-state index is 0.0774. The van der Waals surface area contributed by atoms with Crippen molar-refractivity contribution in [2.45, 2.75) is 11.8 Å². The molecule has 0 atom stereocenters. The molecule has 9 nitrogen and oxygen atoms in total. The number of nitro groups is 1. The van der Waals surface area contributed by atoms with Crippen molar-refractivity contribution in [3.8, 4) is 11.8 Å². The molecule has 0 saturated heterocycles. The number of halogens is 1. The van der Waals surface area contributed by atoms with Gasteiger partial charge in [0.2, 0.25) is 0 Å². The van der Waals surface area contributed by atoms with Crippen LogP contribution in [0.3, 0.4) is 0 Å². The summed E-state index contributed by atoms with van der Waals surface area (Å²) in [6.45, 7) is 1.87. The highest BCUT2D eigenvalue weighted by atomic mass is 79.9. The standard InChI is InChI=1S/C23H16BrN3O6S/c1-15-4-2-5-18(10-15)26-23(28)17(14-25)11-16-8-9-22(21(24)12-16)33-34(31,32)20-7-3-6-19(13-20)27(29)30/h2-13H,1H3,(H,26,28)/b17-11+. The van der Waals surface area contributed by atoms with Gasteiger partial charge in [0.05, 0.1) is 9.40 Å². The molecule has 0 fully saturated rings. The molecular weight excluding hydrogens is 526 g/mol. The first-order valence-electron chi connectivity index (χ1n) is 9.57. The number of hydrogen-bond donors (Lipinski definition) is 1. The van der Waals surface area contributed by atoms with E-state index in [0.717, 1.165) is 17.7 Å². The van der Waals surface area contributed by atoms with Gasteiger partial charge in [0, 0.05) is 17.8 Å². The van der Waals surface area contributed by atoms with Gasteiger partial charge in [-0.25, -0.2) is 0 Å². The van der Waals surface area contributed by atoms with Crippen molar-refractivity contribution in [1.82, 2.24) is 0 Å². The summed E-state index contributed by atoms with van der Waals surface area (Å²) < 4.78 is 30.4. The van der Waals surface area contributed by atoms with Crippen LogP contribution in [0.2, 0.25) is 0 Å². The van der Waals surface area contributed by atoms with E-state index < -0.39 is 26.6 Å². The quantitative estimate of drug-likeness (QED) is 0.146. The molecule has 0 aromatic heterocycles. The van der Waals surface area contributed by atoms with Crippen LogP contribution in [-0.4, -0.2) is 19.2 Å². The number of carbonyl (C=O) groups excluding carboxylic acids is 1. The van der Waals surface area contributed by atoms with E-state index in [-0.39, 0.29) is 20.7 Å². The van der Waals surface area contributed by atoms with Crippen LogP contribution in [0.1, 0.15) is 11.1 Å². The molecule has 0 aliphatic heterocycles. The van der Waals surface area contributed by atoms with Gasteiger partial charge in [0.1, 0.15) is 16.5 Å². The number of anilines is 1. The Labute approximate surface area is 203 Å². The third-order valence-corrected chi connectivity index (χ3v) is 6.27. The smallest absolute Gasteiger partial charge is 0.339 e. The summed E-state index contributed by atoms with van der Waals surface area (Å²) in [5, 5.41) is 23.0. The SMILES string of the molecule is Cc1cccc(NC(=O)/C(C#N)=C/c2ccc(OS(=O)(=O)c3cccc([N+](=O)[O-])c3)c(Br)c2)c1. The Morgan fingerprint density at radius 1 is 1.15 bits per heavy atom. The number of nitriles is 1. The van der Waals surface area contributed by atoms with Crippen molar-refractivity contribution < 1.29 is 22.3 Å². The molecule has 34 heavy (non-hydrogen) atoms. The van der Waals surface area contributed by atoms with E-state index in [1.54, 1.807) is 18.2 Å². The Kier molecular flexibility index (Phi) is 7.45. The van der Waals surface area contributed by atoms with Gasteiger partial charge >= 0.3 is 10.1 Å². The number of hydrogen-bond acceptors (Lipinski definition) is 7. The number of carbonyl (C=O) groups is 1. The molecule has 0 aliphatic rings. The largest absolute Gasteiger partial charge is 0.378 e. The summed E-state index contributed by atoms with van der Waals surface area (Å²) in [6, 6.07) is 17.7. The van der Waals surface area contributed by atoms with E-state index >= 15 is 0 Å². The third kappa shape index (κ3) is 6.06. The molecule has 0 radical (unpaired) electrons. The Morgan fingerprint density at radius 2 is 1.88 bits per heavy atom. The predicted octanol–water partition coefficient (Wildman–Crippen LogP) is 4.98. The van der Waals surface area contributed by atoms with E-state index in [0.29, 0.717) is 11.3 Å². The van der Waals surface area contributed by atoms with E-state index in [1.807, 2.05) is 19.1 Å². The van der Waals surface area contributed by atoms with Crippen molar-refractivity contribution >= 4 is 49.4 Å². The van der Waals surface area contributed by atoms with E-state index in [1.165, 1.54) is 36.4 Å². The number of nitrogens with one attached hydrogen (secondary N) is 1. The highest BCUT2D eigenvalue weighted by molar-refractivity contribution is 9.10. The number of benzene rings is 3. The Balaban J connectivity index is 1.81. The number of aryl methyl sites for hydroxylation is 1. The van der Waals surface area contributed by atoms with Crippen LogP contribution in [-0.2, 0) is 14.9 Å². The van der Waals surface area contributed by atoms with Crippen molar-refractivity contribution in [3.05, 3.63) is 98.0 Å². The summed E-state index contributed by atoms with van der Waals surface area (Å²) >= 11 is 3.21. The molecule has 11 heteroatoms. The lowest BCUT2D eigenvalue weighted by Gasteiger charge is -2.09. The van der Waals surface area contributed by atoms with E-state index in [9.17, 15) is 28.6 Å². The van der Waals surface area contributed by atoms with E-state index in [2.05, 4.69) is 21.2 Å². The average molecular weight is 542 g/mol. The van der Waals surface area contributed by atoms with Gasteiger partial charge in [-0.3, -0.25) is 14.9 Å². The van der Waals surface area contributed by atoms with Gasteiger partial charge in [-0.05, 0) is 70.4 Å². The molecule has 0 spiro atoms. The zero-order chi connectivity index (χ0) is 24.9. The zero-order valence-corrected chi connectivity index (χ0v) is 20.0. The number of amides is 1. The molecule has 0 heterocycles. The molecule has 0 saturated carbocycles. The Bertz CT molecular complexity index is 1460. The van der Waals surface area contributed by atoms with Crippen LogP contribution in [0.4, 0.5) is 11.4 Å². The molecule has 172 valence electrons. The van der Waals surface area contributed by atoms with Crippen LogP contribution in [0, 0.1) is 28.4 Å². The number of non-ortho nitro benzene ring substituents is 1. The first-order valence-corrected chi connectivity index (χ1v) is 11.8. The highest BCUT2D eigenvalue weighted by Gasteiger charge is 2.21. The lowest BCUT2D eigenvalue weighted by molar-refractivity contribution is -0.385. The summed E-state index contributed by atoms with van der Waals surface area (Å²) in [4.78, 5) is 22.3. The van der Waals surface area contributed by atoms with Gasteiger partial charge in [0.15, 0.2) is 5.75 Å². The van der Waals surface area contributed by atoms with Crippen molar-refractivity contribution in [2.24, 2.45) is 0 Å². The van der Waals surface area contributed by atoms with Gasteiger partial charge in [-0.2, -0.15) is 13.7 Å². The summed E-state index contributed by atoms with van der Waals surface area (Å²) in [5.74, 6) is -0.677. The highest BCUT2D eigenvalue weighted by Crippen LogP contribution is 2.30. The van der Waals surface area contributed by atoms with Crippen molar-refractivity contribution in [2.75, 3.05) is 5.32 Å². The second kappa shape index (κ2) is 10.3. The molecule has 1 N–H and O–H groups in total. The second-order valence-corrected chi connectivity index (χ2v) is 9.38. The summed E-state index contributed by atoms with van der Waals surface area (Å²) in [6.07, 6.45) is 1.34. The van der Waals surface area contributed by atoms with Gasteiger partial charge in [-0.1, -0.05) is 24.3 Å². The van der Waals surface area contributed by atoms with Crippen molar-refractivity contribution in [3.63, 3.8) is 0 Å². The first-order chi connectivity index (χ1) is 16.1. The van der Waals surface area contributed by atoms with Gasteiger partial charge in [-0.15, -0.1) is 0 Å². The fourth-order valence-electron chi connectivity index (χ4n) is 2.83. The molecule has 3 aromatic rings. The topological polar surface area (TPSA) is 139 Å². The average Bonchev–Trinajstić information content (AvgIpc) is 2.79. The van der Waals surface area contributed by atoms with Gasteiger partial charge < -0.3 is 9.50 Å². The molecule has 3 rings (SSSR count). The Morgan fingerprint density at radius 3 is 2.53 bits per heavy atom. The summed E-state index contributed by atoms with van der Waals surface area (Å²) in [5.41, 5.74) is 1.37. The maximum absolute atomic E-state index is 12.6. The van der Waals surface area contributed by atoms with Crippen LogP contribution < -0.4 is 9.50 Å². The maximum atomic E-state index is 12.6. The number of nitro benzene ring substituents is 1. The normalized spacial score (nSPS) is 11.4. The zero-order valence-electron chi connectivity index (χ0n) is 17.6. The Hall–Kier alpha value is -4.01. The minimum Gasteiger partial charge on any atom is -0.378 e.